The van der Waals surface area contributed by atoms with Crippen LogP contribution in [-0.2, 0) is 0 Å². The molecule has 0 N–H and O–H groups in total. The van der Waals surface area contributed by atoms with Crippen LogP contribution in [0.1, 0.15) is 86.5 Å². The van der Waals surface area contributed by atoms with Gasteiger partial charge in [-0.2, -0.15) is 0 Å². The zero-order chi connectivity index (χ0) is 12.6. The summed E-state index contributed by atoms with van der Waals surface area (Å²) in [7, 11) is 0. The van der Waals surface area contributed by atoms with Crippen molar-refractivity contribution in [2.75, 3.05) is 0 Å². The molecule has 0 saturated heterocycles. The number of unbranched alkanes of at least 4 members (excludes halogenated alkanes) is 1. The van der Waals surface area contributed by atoms with Gasteiger partial charge >= 0.3 is 0 Å². The molecule has 0 saturated carbocycles. The van der Waals surface area contributed by atoms with Crippen molar-refractivity contribution in [1.29, 1.82) is 0 Å². The number of rotatable bonds is 9. The third-order valence-corrected chi connectivity index (χ3v) is 4.62. The van der Waals surface area contributed by atoms with Crippen LogP contribution < -0.4 is 0 Å². The summed E-state index contributed by atoms with van der Waals surface area (Å²) in [6.45, 7) is 14.4. The minimum Gasteiger partial charge on any atom is -0.0654 e. The molecule has 0 radical (unpaired) electrons. The standard InChI is InChI=1S/C16H34/c1-7-10-13-16(6,12-9-3)15(5)14(4)11-8-2/h14-15H,7-13H2,1-6H3. The average molecular weight is 226 g/mol. The van der Waals surface area contributed by atoms with E-state index in [0.29, 0.717) is 5.41 Å². The lowest BCUT2D eigenvalue weighted by molar-refractivity contribution is 0.108. The van der Waals surface area contributed by atoms with Crippen molar-refractivity contribution in [3.63, 3.8) is 0 Å². The first-order valence-corrected chi connectivity index (χ1v) is 7.51. The molecule has 0 heteroatoms. The molecule has 0 aliphatic carbocycles. The highest BCUT2D eigenvalue weighted by molar-refractivity contribution is 4.82. The molecular formula is C16H34. The second-order valence-electron chi connectivity index (χ2n) is 6.06. The fourth-order valence-electron chi connectivity index (χ4n) is 3.12. The summed E-state index contributed by atoms with van der Waals surface area (Å²) in [6, 6.07) is 0. The summed E-state index contributed by atoms with van der Waals surface area (Å²) >= 11 is 0. The molecule has 0 aromatic rings. The van der Waals surface area contributed by atoms with Crippen molar-refractivity contribution in [2.24, 2.45) is 17.3 Å². The maximum Gasteiger partial charge on any atom is -0.0298 e. The predicted octanol–water partition coefficient (Wildman–Crippen LogP) is 6.06. The number of hydrogen-bond donors (Lipinski definition) is 0. The van der Waals surface area contributed by atoms with Gasteiger partial charge in [0.15, 0.2) is 0 Å². The minimum absolute atomic E-state index is 0.583. The van der Waals surface area contributed by atoms with Crippen LogP contribution in [0.2, 0.25) is 0 Å². The fraction of sp³-hybridized carbons (Fsp3) is 1.00. The molecule has 0 aliphatic heterocycles. The highest BCUT2D eigenvalue weighted by Crippen LogP contribution is 2.42. The van der Waals surface area contributed by atoms with Crippen LogP contribution in [-0.4, -0.2) is 0 Å². The van der Waals surface area contributed by atoms with Crippen LogP contribution in [0, 0.1) is 17.3 Å². The summed E-state index contributed by atoms with van der Waals surface area (Å²) in [5, 5.41) is 0. The molecule has 0 aromatic heterocycles. The highest BCUT2D eigenvalue weighted by Gasteiger charge is 2.32. The molecule has 0 rings (SSSR count). The van der Waals surface area contributed by atoms with Gasteiger partial charge in [0.05, 0.1) is 0 Å². The second kappa shape index (κ2) is 8.14. The molecule has 98 valence electrons. The van der Waals surface area contributed by atoms with Crippen molar-refractivity contribution in [3.8, 4) is 0 Å². The molecule has 0 nitrogen and oxygen atoms in total. The molecule has 0 bridgehead atoms. The first-order chi connectivity index (χ1) is 7.51. The molecule has 3 unspecified atom stereocenters. The summed E-state index contributed by atoms with van der Waals surface area (Å²) in [5.74, 6) is 1.76. The topological polar surface area (TPSA) is 0 Å². The minimum atomic E-state index is 0.583. The van der Waals surface area contributed by atoms with Crippen LogP contribution >= 0.6 is 0 Å². The Bertz CT molecular complexity index is 161. The average Bonchev–Trinajstić information content (AvgIpc) is 2.26. The van der Waals surface area contributed by atoms with E-state index < -0.39 is 0 Å². The Morgan fingerprint density at radius 1 is 0.875 bits per heavy atom. The van der Waals surface area contributed by atoms with Crippen LogP contribution in [0.5, 0.6) is 0 Å². The Labute approximate surface area is 104 Å². The van der Waals surface area contributed by atoms with E-state index in [2.05, 4.69) is 41.5 Å². The Hall–Kier alpha value is 0. The van der Waals surface area contributed by atoms with Crippen molar-refractivity contribution in [3.05, 3.63) is 0 Å². The van der Waals surface area contributed by atoms with E-state index in [1.54, 1.807) is 0 Å². The first kappa shape index (κ1) is 16.0. The molecule has 3 atom stereocenters. The van der Waals surface area contributed by atoms with Crippen LogP contribution in [0.15, 0.2) is 0 Å². The predicted molar refractivity (Wildman–Crippen MR) is 75.8 cm³/mol. The molecule has 0 aromatic carbocycles. The van der Waals surface area contributed by atoms with E-state index in [9.17, 15) is 0 Å². The van der Waals surface area contributed by atoms with E-state index in [1.807, 2.05) is 0 Å². The third-order valence-electron chi connectivity index (χ3n) is 4.62. The Morgan fingerprint density at radius 2 is 1.50 bits per heavy atom. The Balaban J connectivity index is 4.46. The number of hydrogen-bond acceptors (Lipinski definition) is 0. The lowest BCUT2D eigenvalue weighted by atomic mass is 9.66. The van der Waals surface area contributed by atoms with Gasteiger partial charge in [-0.05, 0) is 30.1 Å². The summed E-state index contributed by atoms with van der Waals surface area (Å²) in [4.78, 5) is 0. The SMILES string of the molecule is CCCCC(C)(CCC)C(C)C(C)CCC. The third kappa shape index (κ3) is 4.89. The quantitative estimate of drug-likeness (QED) is 0.448. The zero-order valence-electron chi connectivity index (χ0n) is 12.6. The molecule has 16 heavy (non-hydrogen) atoms. The van der Waals surface area contributed by atoms with Gasteiger partial charge in [-0.15, -0.1) is 0 Å². The maximum atomic E-state index is 2.53. The first-order valence-electron chi connectivity index (χ1n) is 7.51. The molecular weight excluding hydrogens is 192 g/mol. The smallest absolute Gasteiger partial charge is 0.0298 e. The summed E-state index contributed by atoms with van der Waals surface area (Å²) in [5.41, 5.74) is 0.583. The van der Waals surface area contributed by atoms with Crippen LogP contribution in [0.3, 0.4) is 0 Å². The summed E-state index contributed by atoms with van der Waals surface area (Å²) < 4.78 is 0. The van der Waals surface area contributed by atoms with E-state index in [1.165, 1.54) is 44.9 Å². The Morgan fingerprint density at radius 3 is 1.94 bits per heavy atom. The lowest BCUT2D eigenvalue weighted by Crippen LogP contribution is -2.30. The van der Waals surface area contributed by atoms with E-state index >= 15 is 0 Å². The highest BCUT2D eigenvalue weighted by atomic mass is 14.4. The van der Waals surface area contributed by atoms with Crippen molar-refractivity contribution in [2.45, 2.75) is 86.5 Å². The van der Waals surface area contributed by atoms with Gasteiger partial charge in [0.2, 0.25) is 0 Å². The fourth-order valence-corrected chi connectivity index (χ4v) is 3.12. The van der Waals surface area contributed by atoms with Crippen LogP contribution in [0.25, 0.3) is 0 Å². The van der Waals surface area contributed by atoms with Gasteiger partial charge in [0.25, 0.3) is 0 Å². The van der Waals surface area contributed by atoms with E-state index in [0.717, 1.165) is 11.8 Å². The van der Waals surface area contributed by atoms with E-state index in [-0.39, 0.29) is 0 Å². The van der Waals surface area contributed by atoms with Gasteiger partial charge in [-0.3, -0.25) is 0 Å². The second-order valence-corrected chi connectivity index (χ2v) is 6.06. The largest absolute Gasteiger partial charge is 0.0654 e. The van der Waals surface area contributed by atoms with Crippen LogP contribution in [0.4, 0.5) is 0 Å². The molecule has 0 heterocycles. The zero-order valence-corrected chi connectivity index (χ0v) is 12.6. The Kier molecular flexibility index (Phi) is 8.14. The molecule has 0 aliphatic rings. The van der Waals surface area contributed by atoms with Gasteiger partial charge in [0, 0.05) is 0 Å². The molecule has 0 amide bonds. The van der Waals surface area contributed by atoms with Crippen molar-refractivity contribution >= 4 is 0 Å². The molecule has 0 spiro atoms. The normalized spacial score (nSPS) is 19.1. The van der Waals surface area contributed by atoms with Gasteiger partial charge in [-0.25, -0.2) is 0 Å². The monoisotopic (exact) mass is 226 g/mol. The summed E-state index contributed by atoms with van der Waals surface area (Å²) in [6.07, 6.45) is 9.64. The lowest BCUT2D eigenvalue weighted by Gasteiger charge is -2.39. The molecule has 0 fully saturated rings. The maximum absolute atomic E-state index is 2.53. The van der Waals surface area contributed by atoms with Gasteiger partial charge in [-0.1, -0.05) is 73.6 Å². The van der Waals surface area contributed by atoms with Crippen molar-refractivity contribution in [1.82, 2.24) is 0 Å². The van der Waals surface area contributed by atoms with Gasteiger partial charge in [0.1, 0.15) is 0 Å². The van der Waals surface area contributed by atoms with Gasteiger partial charge < -0.3 is 0 Å². The van der Waals surface area contributed by atoms with E-state index in [4.69, 9.17) is 0 Å². The van der Waals surface area contributed by atoms with Crippen molar-refractivity contribution < 1.29 is 0 Å².